The minimum absolute atomic E-state index is 0.0502. The van der Waals surface area contributed by atoms with Crippen LogP contribution in [0.4, 0.5) is 26.3 Å². The van der Waals surface area contributed by atoms with E-state index >= 15 is 0 Å². The Morgan fingerprint density at radius 2 is 1.79 bits per heavy atom. The Balaban J connectivity index is 0.000000345. The van der Waals surface area contributed by atoms with Crippen molar-refractivity contribution in [1.82, 2.24) is 15.3 Å². The molecule has 1 aliphatic heterocycles. The predicted octanol–water partition coefficient (Wildman–Crippen LogP) is 3.15. The van der Waals surface area contributed by atoms with Crippen molar-refractivity contribution in [2.75, 3.05) is 13.1 Å². The first-order chi connectivity index (χ1) is 13.0. The highest BCUT2D eigenvalue weighted by Gasteiger charge is 2.38. The van der Waals surface area contributed by atoms with E-state index in [9.17, 15) is 26.3 Å². The van der Waals surface area contributed by atoms with Gasteiger partial charge in [-0.15, -0.1) is 0 Å². The molecule has 2 aromatic rings. The highest BCUT2D eigenvalue weighted by atomic mass is 19.4. The molecule has 3 rings (SSSR count). The lowest BCUT2D eigenvalue weighted by Gasteiger charge is -2.27. The SMILES string of the molecule is FC(F)(F)c1cccc(-c2nccc(OC3CNC3)n2)c1.O=C(O)C(F)(F)F. The van der Waals surface area contributed by atoms with E-state index in [4.69, 9.17) is 14.6 Å². The maximum absolute atomic E-state index is 12.7. The quantitative estimate of drug-likeness (QED) is 0.758. The summed E-state index contributed by atoms with van der Waals surface area (Å²) in [5.74, 6) is -2.18. The van der Waals surface area contributed by atoms with E-state index in [1.165, 1.54) is 12.3 Å². The number of rotatable bonds is 3. The molecule has 152 valence electrons. The Bertz CT molecular complexity index is 822. The van der Waals surface area contributed by atoms with Gasteiger partial charge in [-0.05, 0) is 12.1 Å². The highest BCUT2D eigenvalue weighted by molar-refractivity contribution is 5.73. The monoisotopic (exact) mass is 409 g/mol. The van der Waals surface area contributed by atoms with E-state index in [1.807, 2.05) is 0 Å². The van der Waals surface area contributed by atoms with Crippen molar-refractivity contribution >= 4 is 5.97 Å². The summed E-state index contributed by atoms with van der Waals surface area (Å²) in [6.07, 6.45) is -7.94. The zero-order valence-electron chi connectivity index (χ0n) is 13.9. The van der Waals surface area contributed by atoms with Crippen molar-refractivity contribution < 1.29 is 41.0 Å². The van der Waals surface area contributed by atoms with Gasteiger partial charge < -0.3 is 15.2 Å². The van der Waals surface area contributed by atoms with Crippen LogP contribution in [-0.2, 0) is 11.0 Å². The molecule has 1 fully saturated rings. The molecule has 2 heterocycles. The van der Waals surface area contributed by atoms with Gasteiger partial charge in [0.05, 0.1) is 5.56 Å². The number of alkyl halides is 6. The van der Waals surface area contributed by atoms with Crippen molar-refractivity contribution in [3.63, 3.8) is 0 Å². The van der Waals surface area contributed by atoms with Crippen LogP contribution in [0.5, 0.6) is 5.88 Å². The summed E-state index contributed by atoms with van der Waals surface area (Å²) in [7, 11) is 0. The van der Waals surface area contributed by atoms with Crippen LogP contribution in [0.1, 0.15) is 5.56 Å². The summed E-state index contributed by atoms with van der Waals surface area (Å²) in [5, 5.41) is 10.2. The van der Waals surface area contributed by atoms with Crippen molar-refractivity contribution in [2.45, 2.75) is 18.5 Å². The number of nitrogens with one attached hydrogen (secondary N) is 1. The molecule has 12 heteroatoms. The number of halogens is 6. The molecule has 2 N–H and O–H groups in total. The lowest BCUT2D eigenvalue weighted by molar-refractivity contribution is -0.192. The van der Waals surface area contributed by atoms with Crippen molar-refractivity contribution in [2.24, 2.45) is 0 Å². The molecule has 0 bridgehead atoms. The van der Waals surface area contributed by atoms with E-state index < -0.39 is 23.9 Å². The van der Waals surface area contributed by atoms with Gasteiger partial charge in [-0.1, -0.05) is 12.1 Å². The first kappa shape index (κ1) is 21.4. The van der Waals surface area contributed by atoms with E-state index in [2.05, 4.69) is 15.3 Å². The molecule has 6 nitrogen and oxygen atoms in total. The third-order valence-electron chi connectivity index (χ3n) is 3.35. The molecule has 0 aliphatic carbocycles. The second-order valence-electron chi connectivity index (χ2n) is 5.50. The van der Waals surface area contributed by atoms with Crippen molar-refractivity contribution in [3.8, 4) is 17.3 Å². The van der Waals surface area contributed by atoms with Gasteiger partial charge in [0.15, 0.2) is 5.82 Å². The third-order valence-corrected chi connectivity index (χ3v) is 3.35. The van der Waals surface area contributed by atoms with E-state index in [1.54, 1.807) is 12.1 Å². The molecular formula is C16H13F6N3O3. The second kappa shape index (κ2) is 8.42. The summed E-state index contributed by atoms with van der Waals surface area (Å²) in [4.78, 5) is 17.1. The number of nitrogens with zero attached hydrogens (tertiary/aromatic N) is 2. The van der Waals surface area contributed by atoms with Crippen LogP contribution < -0.4 is 10.1 Å². The number of ether oxygens (including phenoxy) is 1. The zero-order valence-corrected chi connectivity index (χ0v) is 13.9. The standard InChI is InChI=1S/C14H12F3N3O.C2HF3O2/c15-14(16,17)10-3-1-2-9(6-10)13-19-5-4-12(20-13)21-11-7-18-8-11;3-2(4,5)1(6)7/h1-6,11,18H,7-8H2;(H,6,7). The Kier molecular flexibility index (Phi) is 6.44. The summed E-state index contributed by atoms with van der Waals surface area (Å²) in [5.41, 5.74) is -0.417. The number of hydrogen-bond acceptors (Lipinski definition) is 5. The average molecular weight is 409 g/mol. The fourth-order valence-corrected chi connectivity index (χ4v) is 1.90. The molecule has 1 aliphatic rings. The van der Waals surface area contributed by atoms with Crippen molar-refractivity contribution in [3.05, 3.63) is 42.1 Å². The van der Waals surface area contributed by atoms with Crippen molar-refractivity contribution in [1.29, 1.82) is 0 Å². The Hall–Kier alpha value is -2.89. The van der Waals surface area contributed by atoms with Gasteiger partial charge in [0.1, 0.15) is 6.10 Å². The third kappa shape index (κ3) is 6.08. The van der Waals surface area contributed by atoms with Gasteiger partial charge in [-0.25, -0.2) is 9.78 Å². The molecule has 0 amide bonds. The number of benzene rings is 1. The fourth-order valence-electron chi connectivity index (χ4n) is 1.90. The smallest absolute Gasteiger partial charge is 0.475 e. The van der Waals surface area contributed by atoms with E-state index in [0.29, 0.717) is 11.4 Å². The van der Waals surface area contributed by atoms with Crippen LogP contribution in [0.3, 0.4) is 0 Å². The summed E-state index contributed by atoms with van der Waals surface area (Å²) >= 11 is 0. The summed E-state index contributed by atoms with van der Waals surface area (Å²) < 4.78 is 75.5. The molecule has 0 unspecified atom stereocenters. The largest absolute Gasteiger partial charge is 0.490 e. The average Bonchev–Trinajstić information content (AvgIpc) is 2.58. The van der Waals surface area contributed by atoms with Crippen LogP contribution in [-0.4, -0.2) is 46.4 Å². The normalized spacial score (nSPS) is 14.5. The maximum Gasteiger partial charge on any atom is 0.490 e. The first-order valence-corrected chi connectivity index (χ1v) is 7.65. The van der Waals surface area contributed by atoms with Gasteiger partial charge >= 0.3 is 18.3 Å². The molecule has 1 aromatic carbocycles. The number of carboxylic acids is 1. The minimum Gasteiger partial charge on any atom is -0.475 e. The molecule has 1 saturated heterocycles. The predicted molar refractivity (Wildman–Crippen MR) is 83.4 cm³/mol. The number of carbonyl (C=O) groups is 1. The molecule has 0 atom stereocenters. The highest BCUT2D eigenvalue weighted by Crippen LogP contribution is 2.31. The molecule has 0 radical (unpaired) electrons. The lowest BCUT2D eigenvalue weighted by atomic mass is 10.1. The van der Waals surface area contributed by atoms with Crippen LogP contribution in [0.15, 0.2) is 36.5 Å². The lowest BCUT2D eigenvalue weighted by Crippen LogP contribution is -2.50. The molecule has 1 aromatic heterocycles. The number of aliphatic carboxylic acids is 1. The summed E-state index contributed by atoms with van der Waals surface area (Å²) in [6, 6.07) is 6.52. The Labute approximate surface area is 154 Å². The summed E-state index contributed by atoms with van der Waals surface area (Å²) in [6.45, 7) is 1.48. The first-order valence-electron chi connectivity index (χ1n) is 7.65. The maximum atomic E-state index is 12.7. The number of carboxylic acid groups (broad SMARTS) is 1. The molecule has 0 spiro atoms. The Morgan fingerprint density at radius 3 is 2.29 bits per heavy atom. The van der Waals surface area contributed by atoms with Gasteiger partial charge in [0.25, 0.3) is 0 Å². The van der Waals surface area contributed by atoms with Crippen LogP contribution in [0, 0.1) is 0 Å². The molecule has 0 saturated carbocycles. The zero-order chi connectivity index (χ0) is 20.9. The van der Waals surface area contributed by atoms with Gasteiger partial charge in [0.2, 0.25) is 5.88 Å². The number of aromatic nitrogens is 2. The van der Waals surface area contributed by atoms with E-state index in [0.717, 1.165) is 25.2 Å². The number of hydrogen-bond donors (Lipinski definition) is 2. The van der Waals surface area contributed by atoms with Gasteiger partial charge in [-0.3, -0.25) is 0 Å². The topological polar surface area (TPSA) is 84.3 Å². The van der Waals surface area contributed by atoms with Crippen LogP contribution >= 0.6 is 0 Å². The van der Waals surface area contributed by atoms with Gasteiger partial charge in [0, 0.05) is 30.9 Å². The second-order valence-corrected chi connectivity index (χ2v) is 5.50. The van der Waals surface area contributed by atoms with Crippen LogP contribution in [0.25, 0.3) is 11.4 Å². The Morgan fingerprint density at radius 1 is 1.14 bits per heavy atom. The van der Waals surface area contributed by atoms with Gasteiger partial charge in [-0.2, -0.15) is 31.3 Å². The van der Waals surface area contributed by atoms with E-state index in [-0.39, 0.29) is 11.9 Å². The minimum atomic E-state index is -5.08. The molecule has 28 heavy (non-hydrogen) atoms. The fraction of sp³-hybridized carbons (Fsp3) is 0.312. The molecular weight excluding hydrogens is 396 g/mol. The van der Waals surface area contributed by atoms with Crippen LogP contribution in [0.2, 0.25) is 0 Å².